The number of carbonyl (C=O) groups is 2. The van der Waals surface area contributed by atoms with Crippen LogP contribution in [0.5, 0.6) is 5.75 Å². The van der Waals surface area contributed by atoms with Crippen LogP contribution in [0.1, 0.15) is 22.3 Å². The molecule has 1 rings (SSSR count). The van der Waals surface area contributed by atoms with Crippen molar-refractivity contribution in [1.82, 2.24) is 5.32 Å². The molecule has 0 aliphatic carbocycles. The number of nitriles is 1. The second-order valence-corrected chi connectivity index (χ2v) is 3.71. The molecule has 0 unspecified atom stereocenters. The van der Waals surface area contributed by atoms with Gasteiger partial charge in [0, 0.05) is 6.54 Å². The quantitative estimate of drug-likeness (QED) is 0.604. The zero-order chi connectivity index (χ0) is 13.4. The summed E-state index contributed by atoms with van der Waals surface area (Å²) in [5, 5.41) is 10.8. The van der Waals surface area contributed by atoms with E-state index >= 15 is 0 Å². The summed E-state index contributed by atoms with van der Waals surface area (Å²) in [6.45, 7) is 1.99. The van der Waals surface area contributed by atoms with Gasteiger partial charge in [0.25, 0.3) is 5.91 Å². The highest BCUT2D eigenvalue weighted by atomic mass is 16.5. The molecule has 5 nitrogen and oxygen atoms in total. The molecule has 1 aromatic rings. The average Bonchev–Trinajstić information content (AvgIpc) is 2.37. The number of nitrogens with zero attached hydrogens (tertiary/aromatic N) is 1. The number of hydrogen-bond acceptors (Lipinski definition) is 4. The first-order valence-electron chi connectivity index (χ1n) is 5.49. The first-order chi connectivity index (χ1) is 8.67. The van der Waals surface area contributed by atoms with Crippen LogP contribution < -0.4 is 10.1 Å². The number of aryl methyl sites for hydroxylation is 1. The molecule has 0 saturated heterocycles. The molecule has 18 heavy (non-hydrogen) atoms. The Morgan fingerprint density at radius 1 is 1.56 bits per heavy atom. The van der Waals surface area contributed by atoms with E-state index < -0.39 is 0 Å². The normalized spacial score (nSPS) is 9.33. The topological polar surface area (TPSA) is 79.2 Å². The SMILES string of the molecule is Cc1ccc(OCC(=O)NCCC#N)c(C=O)c1. The third kappa shape index (κ3) is 4.26. The fourth-order valence-corrected chi connectivity index (χ4v) is 1.34. The first kappa shape index (κ1) is 13.7. The summed E-state index contributed by atoms with van der Waals surface area (Å²) in [5.74, 6) is 0.0636. The maximum Gasteiger partial charge on any atom is 0.257 e. The van der Waals surface area contributed by atoms with Gasteiger partial charge in [-0.1, -0.05) is 11.6 Å². The molecule has 0 aromatic heterocycles. The Kier molecular flexibility index (Phi) is 5.39. The zero-order valence-corrected chi connectivity index (χ0v) is 10.1. The molecule has 1 N–H and O–H groups in total. The molecule has 94 valence electrons. The molecule has 1 amide bonds. The highest BCUT2D eigenvalue weighted by molar-refractivity contribution is 5.81. The minimum Gasteiger partial charge on any atom is -0.483 e. The highest BCUT2D eigenvalue weighted by Gasteiger charge is 2.06. The van der Waals surface area contributed by atoms with Gasteiger partial charge in [0.1, 0.15) is 5.75 Å². The predicted octanol–water partition coefficient (Wildman–Crippen LogP) is 1.22. The molecule has 0 aliphatic rings. The molecular weight excluding hydrogens is 232 g/mol. The fourth-order valence-electron chi connectivity index (χ4n) is 1.34. The number of nitrogens with one attached hydrogen (secondary N) is 1. The molecule has 0 bridgehead atoms. The minimum atomic E-state index is -0.317. The van der Waals surface area contributed by atoms with Crippen molar-refractivity contribution in [2.24, 2.45) is 0 Å². The summed E-state index contributed by atoms with van der Waals surface area (Å²) in [5.41, 5.74) is 1.36. The third-order valence-corrected chi connectivity index (χ3v) is 2.21. The fraction of sp³-hybridized carbons (Fsp3) is 0.308. The lowest BCUT2D eigenvalue weighted by atomic mass is 10.1. The molecule has 0 spiro atoms. The van der Waals surface area contributed by atoms with Gasteiger partial charge in [0.05, 0.1) is 18.1 Å². The van der Waals surface area contributed by atoms with Crippen molar-refractivity contribution >= 4 is 12.2 Å². The van der Waals surface area contributed by atoms with Crippen molar-refractivity contribution in [2.45, 2.75) is 13.3 Å². The van der Waals surface area contributed by atoms with Crippen molar-refractivity contribution < 1.29 is 14.3 Å². The van der Waals surface area contributed by atoms with E-state index in [1.54, 1.807) is 18.2 Å². The third-order valence-electron chi connectivity index (χ3n) is 2.21. The van der Waals surface area contributed by atoms with Crippen LogP contribution in [0.4, 0.5) is 0 Å². The van der Waals surface area contributed by atoms with E-state index in [4.69, 9.17) is 10.00 Å². The Balaban J connectivity index is 2.51. The molecule has 0 saturated carbocycles. The molecule has 0 radical (unpaired) electrons. The smallest absolute Gasteiger partial charge is 0.257 e. The van der Waals surface area contributed by atoms with E-state index in [0.717, 1.165) is 5.56 Å². The second kappa shape index (κ2) is 7.07. The number of benzene rings is 1. The lowest BCUT2D eigenvalue weighted by Gasteiger charge is -2.08. The van der Waals surface area contributed by atoms with Crippen LogP contribution in [-0.2, 0) is 4.79 Å². The van der Waals surface area contributed by atoms with Gasteiger partial charge < -0.3 is 10.1 Å². The summed E-state index contributed by atoms with van der Waals surface area (Å²) in [6, 6.07) is 7.07. The monoisotopic (exact) mass is 246 g/mol. The van der Waals surface area contributed by atoms with Crippen molar-refractivity contribution in [3.05, 3.63) is 29.3 Å². The molecule has 0 aliphatic heterocycles. The summed E-state index contributed by atoms with van der Waals surface area (Å²) in [4.78, 5) is 22.1. The lowest BCUT2D eigenvalue weighted by molar-refractivity contribution is -0.123. The van der Waals surface area contributed by atoms with Crippen LogP contribution >= 0.6 is 0 Å². The van der Waals surface area contributed by atoms with Crippen LogP contribution in [-0.4, -0.2) is 25.3 Å². The van der Waals surface area contributed by atoms with Crippen LogP contribution in [0.3, 0.4) is 0 Å². The number of carbonyl (C=O) groups excluding carboxylic acids is 2. The van der Waals surface area contributed by atoms with Gasteiger partial charge in [-0.15, -0.1) is 0 Å². The number of rotatable bonds is 6. The van der Waals surface area contributed by atoms with Crippen molar-refractivity contribution in [2.75, 3.05) is 13.2 Å². The Morgan fingerprint density at radius 3 is 3.00 bits per heavy atom. The lowest BCUT2D eigenvalue weighted by Crippen LogP contribution is -2.29. The van der Waals surface area contributed by atoms with Crippen molar-refractivity contribution in [1.29, 1.82) is 5.26 Å². The van der Waals surface area contributed by atoms with E-state index in [0.29, 0.717) is 24.1 Å². The molecule has 1 aromatic carbocycles. The Morgan fingerprint density at radius 2 is 2.33 bits per heavy atom. The molecule has 0 heterocycles. The maximum atomic E-state index is 11.3. The molecule has 5 heteroatoms. The van der Waals surface area contributed by atoms with Gasteiger partial charge in [0.2, 0.25) is 0 Å². The van der Waals surface area contributed by atoms with Crippen LogP contribution in [0.2, 0.25) is 0 Å². The van der Waals surface area contributed by atoms with E-state index in [-0.39, 0.29) is 18.9 Å². The summed E-state index contributed by atoms with van der Waals surface area (Å²) < 4.78 is 5.25. The van der Waals surface area contributed by atoms with Gasteiger partial charge in [-0.3, -0.25) is 9.59 Å². The van der Waals surface area contributed by atoms with Gasteiger partial charge >= 0.3 is 0 Å². The Bertz CT molecular complexity index is 478. The maximum absolute atomic E-state index is 11.3. The molecular formula is C13H14N2O3. The minimum absolute atomic E-state index is 0.171. The number of amides is 1. The van der Waals surface area contributed by atoms with E-state index in [1.165, 1.54) is 0 Å². The zero-order valence-electron chi connectivity index (χ0n) is 10.1. The van der Waals surface area contributed by atoms with Gasteiger partial charge in [0.15, 0.2) is 12.9 Å². The van der Waals surface area contributed by atoms with Crippen LogP contribution in [0.25, 0.3) is 0 Å². The van der Waals surface area contributed by atoms with E-state index in [9.17, 15) is 9.59 Å². The summed E-state index contributed by atoms with van der Waals surface area (Å²) in [6.07, 6.45) is 0.950. The Labute approximate surface area is 105 Å². The van der Waals surface area contributed by atoms with Crippen LogP contribution in [0.15, 0.2) is 18.2 Å². The van der Waals surface area contributed by atoms with Crippen molar-refractivity contribution in [3.63, 3.8) is 0 Å². The largest absolute Gasteiger partial charge is 0.483 e. The second-order valence-electron chi connectivity index (χ2n) is 3.71. The van der Waals surface area contributed by atoms with Gasteiger partial charge in [-0.05, 0) is 19.1 Å². The van der Waals surface area contributed by atoms with Gasteiger partial charge in [-0.25, -0.2) is 0 Å². The molecule has 0 atom stereocenters. The first-order valence-corrected chi connectivity index (χ1v) is 5.49. The number of ether oxygens (including phenoxy) is 1. The van der Waals surface area contributed by atoms with E-state index in [1.807, 2.05) is 13.0 Å². The van der Waals surface area contributed by atoms with E-state index in [2.05, 4.69) is 5.32 Å². The highest BCUT2D eigenvalue weighted by Crippen LogP contribution is 2.17. The van der Waals surface area contributed by atoms with Crippen molar-refractivity contribution in [3.8, 4) is 11.8 Å². The summed E-state index contributed by atoms with van der Waals surface area (Å²) in [7, 11) is 0. The number of hydrogen-bond donors (Lipinski definition) is 1. The van der Waals surface area contributed by atoms with Gasteiger partial charge in [-0.2, -0.15) is 5.26 Å². The number of aldehydes is 1. The average molecular weight is 246 g/mol. The standard InChI is InChI=1S/C13H14N2O3/c1-10-3-4-12(11(7-10)8-16)18-9-13(17)15-6-2-5-14/h3-4,7-8H,2,6,9H2,1H3,(H,15,17). The van der Waals surface area contributed by atoms with Crippen LogP contribution in [0, 0.1) is 18.3 Å². The molecule has 0 fully saturated rings. The predicted molar refractivity (Wildman–Crippen MR) is 65.3 cm³/mol. The summed E-state index contributed by atoms with van der Waals surface area (Å²) >= 11 is 0. The Hall–Kier alpha value is -2.35.